The van der Waals surface area contributed by atoms with Crippen molar-refractivity contribution in [2.45, 2.75) is 13.0 Å². The van der Waals surface area contributed by atoms with E-state index in [1.165, 1.54) is 0 Å². The van der Waals surface area contributed by atoms with Crippen LogP contribution in [0.15, 0.2) is 0 Å². The fourth-order valence-corrected chi connectivity index (χ4v) is 0. The molecule has 0 fully saturated rings. The summed E-state index contributed by atoms with van der Waals surface area (Å²) < 4.78 is 0. The van der Waals surface area contributed by atoms with Crippen LogP contribution in [-0.4, -0.2) is 84.1 Å². The van der Waals surface area contributed by atoms with Gasteiger partial charge in [-0.1, -0.05) is 0 Å². The second kappa shape index (κ2) is 14.3. The zero-order chi connectivity index (χ0) is 8.73. The monoisotopic (exact) mass is 213 g/mol. The van der Waals surface area contributed by atoms with E-state index >= 15 is 0 Å². The molecule has 0 rings (SSSR count). The van der Waals surface area contributed by atoms with Gasteiger partial charge in [0.2, 0.25) is 0 Å². The van der Waals surface area contributed by atoms with E-state index in [1.54, 1.807) is 0 Å². The molecule has 0 aromatic rings. The van der Waals surface area contributed by atoms with Gasteiger partial charge >= 0.3 is 60.8 Å². The molecule has 6 nitrogen and oxygen atoms in total. The molecule has 12 heavy (non-hydrogen) atoms. The van der Waals surface area contributed by atoms with E-state index in [1.807, 2.05) is 0 Å². The Kier molecular flexibility index (Phi) is 27.3. The third-order valence-corrected chi connectivity index (χ3v) is 0.341. The number of carbonyl (C=O) groups is 2. The van der Waals surface area contributed by atoms with Crippen molar-refractivity contribution in [3.05, 3.63) is 0 Å². The molecule has 8 heteroatoms. The third-order valence-electron chi connectivity index (χ3n) is 0.341. The first-order valence-corrected chi connectivity index (χ1v) is 2.14. The normalized spacial score (nSPS) is 8.83. The van der Waals surface area contributed by atoms with Crippen molar-refractivity contribution in [3.63, 3.8) is 0 Å². The number of aliphatic hydroxyl groups is 1. The SMILES string of the molecule is CC(O)C(=O)[O-].O=C([O-])[O-].[Ca+2].[Mg+2]. The number of aliphatic carboxylic acids is 1. The molecular formula is C4H5CaMgO6+. The number of rotatable bonds is 1. The van der Waals surface area contributed by atoms with Crippen molar-refractivity contribution in [3.8, 4) is 0 Å². The predicted octanol–water partition coefficient (Wildman–Crippen LogP) is -5.09. The van der Waals surface area contributed by atoms with E-state index in [0.29, 0.717) is 0 Å². The van der Waals surface area contributed by atoms with E-state index in [-0.39, 0.29) is 60.8 Å². The summed E-state index contributed by atoms with van der Waals surface area (Å²) in [5.41, 5.74) is 0. The zero-order valence-electron chi connectivity index (χ0n) is 6.48. The number of hydrogen-bond acceptors (Lipinski definition) is 6. The minimum atomic E-state index is -2.33. The van der Waals surface area contributed by atoms with Gasteiger partial charge in [0, 0.05) is 0 Å². The van der Waals surface area contributed by atoms with Crippen molar-refractivity contribution < 1.29 is 30.0 Å². The number of carbonyl (C=O) groups excluding carboxylic acids is 2. The molecular weight excluding hydrogens is 208 g/mol. The van der Waals surface area contributed by atoms with Crippen molar-refractivity contribution >= 4 is 72.9 Å². The van der Waals surface area contributed by atoms with Gasteiger partial charge in [-0.3, -0.25) is 0 Å². The Bertz CT molecular complexity index is 123. The summed E-state index contributed by atoms with van der Waals surface area (Å²) in [5.74, 6) is -1.44. The Balaban J connectivity index is -0.0000000483. The molecule has 0 aliphatic carbocycles. The van der Waals surface area contributed by atoms with Crippen molar-refractivity contribution in [2.24, 2.45) is 0 Å². The standard InChI is InChI=1S/C3H6O3.CH2O3.Ca.Mg/c1-2(4)3(5)6;2-1(3)4;;/h2,4H,1H3,(H,5,6);(H2,2,3,4);;/q;;2*+2/p-3. The van der Waals surface area contributed by atoms with E-state index in [4.69, 9.17) is 20.1 Å². The molecule has 0 aromatic heterocycles. The van der Waals surface area contributed by atoms with Crippen LogP contribution in [-0.2, 0) is 4.79 Å². The second-order valence-electron chi connectivity index (χ2n) is 1.25. The van der Waals surface area contributed by atoms with Gasteiger partial charge in [0.25, 0.3) is 0 Å². The summed E-state index contributed by atoms with van der Waals surface area (Å²) in [6.07, 6.45) is -3.68. The molecule has 0 saturated carbocycles. The first-order chi connectivity index (χ1) is 4.37. The Morgan fingerprint density at radius 2 is 1.33 bits per heavy atom. The molecule has 0 aliphatic rings. The molecule has 1 N–H and O–H groups in total. The largest absolute Gasteiger partial charge is 2.00 e. The van der Waals surface area contributed by atoms with Gasteiger partial charge in [0.15, 0.2) is 0 Å². The number of carboxylic acids is 1. The molecule has 0 amide bonds. The zero-order valence-corrected chi connectivity index (χ0v) is 10.1. The molecule has 60 valence electrons. The van der Waals surface area contributed by atoms with E-state index < -0.39 is 18.2 Å². The first kappa shape index (κ1) is 23.0. The fourth-order valence-electron chi connectivity index (χ4n) is 0. The summed E-state index contributed by atoms with van der Waals surface area (Å²) in [4.78, 5) is 17.7. The Hall–Kier alpha value is 0.726. The molecule has 0 aromatic carbocycles. The molecule has 0 saturated heterocycles. The first-order valence-electron chi connectivity index (χ1n) is 2.14. The summed E-state index contributed by atoms with van der Waals surface area (Å²) in [6, 6.07) is 0. The smallest absolute Gasteiger partial charge is 0.652 e. The number of carboxylic acid groups (broad SMARTS) is 3. The van der Waals surface area contributed by atoms with Crippen LogP contribution >= 0.6 is 0 Å². The molecule has 1 unspecified atom stereocenters. The predicted molar refractivity (Wildman–Crippen MR) is 33.6 cm³/mol. The minimum Gasteiger partial charge on any atom is -0.652 e. The Labute approximate surface area is 115 Å². The average Bonchev–Trinajstić information content (AvgIpc) is 1.63. The van der Waals surface area contributed by atoms with Gasteiger partial charge in [0.1, 0.15) is 0 Å². The van der Waals surface area contributed by atoms with Crippen LogP contribution in [0.5, 0.6) is 0 Å². The molecule has 0 bridgehead atoms. The molecule has 0 aliphatic heterocycles. The van der Waals surface area contributed by atoms with E-state index in [2.05, 4.69) is 0 Å². The van der Waals surface area contributed by atoms with Crippen LogP contribution < -0.4 is 15.3 Å². The summed E-state index contributed by atoms with van der Waals surface area (Å²) in [6.45, 7) is 1.13. The van der Waals surface area contributed by atoms with Crippen LogP contribution in [0.1, 0.15) is 6.92 Å². The van der Waals surface area contributed by atoms with Gasteiger partial charge in [-0.15, -0.1) is 0 Å². The molecule has 0 heterocycles. The third kappa shape index (κ3) is 45.4. The maximum absolute atomic E-state index is 9.34. The van der Waals surface area contributed by atoms with Crippen molar-refractivity contribution in [1.82, 2.24) is 0 Å². The van der Waals surface area contributed by atoms with Gasteiger partial charge in [0.05, 0.1) is 12.1 Å². The van der Waals surface area contributed by atoms with Crippen LogP contribution in [0.2, 0.25) is 0 Å². The minimum absolute atomic E-state index is 0. The summed E-state index contributed by atoms with van der Waals surface area (Å²) >= 11 is 0. The van der Waals surface area contributed by atoms with Crippen molar-refractivity contribution in [2.75, 3.05) is 0 Å². The quantitative estimate of drug-likeness (QED) is 0.435. The van der Waals surface area contributed by atoms with Gasteiger partial charge < -0.3 is 30.0 Å². The van der Waals surface area contributed by atoms with Gasteiger partial charge in [-0.05, 0) is 13.1 Å². The van der Waals surface area contributed by atoms with E-state index in [0.717, 1.165) is 6.92 Å². The average molecular weight is 213 g/mol. The van der Waals surface area contributed by atoms with Crippen molar-refractivity contribution in [1.29, 1.82) is 0 Å². The molecule has 0 radical (unpaired) electrons. The second-order valence-corrected chi connectivity index (χ2v) is 1.25. The summed E-state index contributed by atoms with van der Waals surface area (Å²) in [5, 5.41) is 34.0. The van der Waals surface area contributed by atoms with Crippen LogP contribution in [0.25, 0.3) is 0 Å². The number of aliphatic hydroxyl groups excluding tert-OH is 1. The molecule has 1 atom stereocenters. The van der Waals surface area contributed by atoms with Gasteiger partial charge in [-0.25, -0.2) is 0 Å². The Morgan fingerprint density at radius 3 is 1.33 bits per heavy atom. The summed E-state index contributed by atoms with van der Waals surface area (Å²) in [7, 11) is 0. The maximum Gasteiger partial charge on any atom is 2.00 e. The Morgan fingerprint density at radius 1 is 1.25 bits per heavy atom. The maximum atomic E-state index is 9.34. The topological polar surface area (TPSA) is 124 Å². The number of hydrogen-bond donors (Lipinski definition) is 1. The molecule has 0 spiro atoms. The van der Waals surface area contributed by atoms with Crippen LogP contribution in [0.3, 0.4) is 0 Å². The fraction of sp³-hybridized carbons (Fsp3) is 0.500. The van der Waals surface area contributed by atoms with E-state index in [9.17, 15) is 9.90 Å². The van der Waals surface area contributed by atoms with Crippen LogP contribution in [0, 0.1) is 0 Å². The van der Waals surface area contributed by atoms with Crippen LogP contribution in [0.4, 0.5) is 4.79 Å². The van der Waals surface area contributed by atoms with Gasteiger partial charge in [-0.2, -0.15) is 0 Å².